The molecule has 0 spiro atoms. The summed E-state index contributed by atoms with van der Waals surface area (Å²) in [6.07, 6.45) is 0. The second-order valence-corrected chi connectivity index (χ2v) is 8.02. The lowest BCUT2D eigenvalue weighted by Gasteiger charge is -2.35. The van der Waals surface area contributed by atoms with Crippen molar-refractivity contribution in [2.24, 2.45) is 5.73 Å². The number of likely N-dealkylation sites (tertiary alicyclic amines) is 1. The van der Waals surface area contributed by atoms with Crippen LogP contribution in [0.25, 0.3) is 0 Å². The highest BCUT2D eigenvalue weighted by Crippen LogP contribution is 2.26. The first kappa shape index (κ1) is 19.1. The van der Waals surface area contributed by atoms with Crippen LogP contribution in [0.1, 0.15) is 17.0 Å². The van der Waals surface area contributed by atoms with Gasteiger partial charge < -0.3 is 10.6 Å². The Balaban J connectivity index is 1.25. The highest BCUT2D eigenvalue weighted by Gasteiger charge is 2.34. The molecule has 2 heterocycles. The van der Waals surface area contributed by atoms with Gasteiger partial charge in [0.05, 0.1) is 6.54 Å². The molecule has 0 unspecified atom stereocenters. The van der Waals surface area contributed by atoms with Crippen LogP contribution < -0.4 is 5.73 Å². The zero-order valence-electron chi connectivity index (χ0n) is 16.4. The van der Waals surface area contributed by atoms with Gasteiger partial charge in [0.15, 0.2) is 0 Å². The van der Waals surface area contributed by atoms with E-state index in [9.17, 15) is 4.79 Å². The molecule has 0 bridgehead atoms. The van der Waals surface area contributed by atoms with E-state index in [1.165, 1.54) is 11.1 Å². The number of benzene rings is 2. The van der Waals surface area contributed by atoms with E-state index in [-0.39, 0.29) is 17.9 Å². The van der Waals surface area contributed by atoms with E-state index in [4.69, 9.17) is 5.73 Å². The molecule has 148 valence electrons. The minimum atomic E-state index is 0.0223. The number of nitrogens with zero attached hydrogens (tertiary/aromatic N) is 3. The number of nitrogens with two attached hydrogens (primary N) is 1. The molecule has 2 aliphatic heterocycles. The highest BCUT2D eigenvalue weighted by molar-refractivity contribution is 5.79. The molecule has 1 amide bonds. The Bertz CT molecular complexity index is 759. The van der Waals surface area contributed by atoms with Gasteiger partial charge in [0, 0.05) is 57.8 Å². The van der Waals surface area contributed by atoms with Crippen LogP contribution >= 0.6 is 0 Å². The van der Waals surface area contributed by atoms with Gasteiger partial charge >= 0.3 is 0 Å². The number of carbonyl (C=O) groups is 1. The molecule has 2 aliphatic rings. The molecule has 2 saturated heterocycles. The van der Waals surface area contributed by atoms with Crippen LogP contribution in [-0.4, -0.2) is 72.5 Å². The Labute approximate surface area is 167 Å². The summed E-state index contributed by atoms with van der Waals surface area (Å²) < 4.78 is 0. The van der Waals surface area contributed by atoms with Crippen molar-refractivity contribution in [2.75, 3.05) is 45.8 Å². The third kappa shape index (κ3) is 4.61. The maximum atomic E-state index is 12.8. The zero-order valence-corrected chi connectivity index (χ0v) is 16.4. The number of rotatable bonds is 5. The van der Waals surface area contributed by atoms with Gasteiger partial charge in [-0.1, -0.05) is 60.7 Å². The quantitative estimate of drug-likeness (QED) is 0.861. The second kappa shape index (κ2) is 8.86. The molecule has 2 aromatic rings. The van der Waals surface area contributed by atoms with Crippen LogP contribution in [0, 0.1) is 0 Å². The van der Waals surface area contributed by atoms with Crippen molar-refractivity contribution in [1.29, 1.82) is 0 Å². The Morgan fingerprint density at radius 1 is 0.857 bits per heavy atom. The molecule has 28 heavy (non-hydrogen) atoms. The molecule has 5 nitrogen and oxygen atoms in total. The molecule has 2 aromatic carbocycles. The van der Waals surface area contributed by atoms with Crippen LogP contribution in [0.3, 0.4) is 0 Å². The number of hydrogen-bond donors (Lipinski definition) is 1. The third-order valence-corrected chi connectivity index (χ3v) is 6.02. The van der Waals surface area contributed by atoms with Gasteiger partial charge in [-0.05, 0) is 11.1 Å². The summed E-state index contributed by atoms with van der Waals surface area (Å²) in [4.78, 5) is 19.5. The van der Waals surface area contributed by atoms with Crippen molar-refractivity contribution in [3.63, 3.8) is 0 Å². The van der Waals surface area contributed by atoms with Gasteiger partial charge in [-0.15, -0.1) is 0 Å². The minimum Gasteiger partial charge on any atom is -0.339 e. The van der Waals surface area contributed by atoms with Crippen LogP contribution in [0.5, 0.6) is 0 Å². The predicted octanol–water partition coefficient (Wildman–Crippen LogP) is 1.76. The van der Waals surface area contributed by atoms with E-state index in [0.29, 0.717) is 13.1 Å². The fraction of sp³-hybridized carbons (Fsp3) is 0.435. The first-order valence-electron chi connectivity index (χ1n) is 10.3. The molecule has 4 rings (SSSR count). The molecule has 2 fully saturated rings. The number of hydrogen-bond acceptors (Lipinski definition) is 4. The van der Waals surface area contributed by atoms with Gasteiger partial charge in [0.2, 0.25) is 5.91 Å². The summed E-state index contributed by atoms with van der Waals surface area (Å²) in [5.41, 5.74) is 8.94. The SMILES string of the molecule is N[C@@H]1CN(C(=O)CN2CCN(Cc3ccccc3)CC2)C[C@H]1c1ccccc1. The fourth-order valence-corrected chi connectivity index (χ4v) is 4.32. The smallest absolute Gasteiger partial charge is 0.236 e. The minimum absolute atomic E-state index is 0.0223. The van der Waals surface area contributed by atoms with Gasteiger partial charge in [-0.25, -0.2) is 0 Å². The summed E-state index contributed by atoms with van der Waals surface area (Å²) in [7, 11) is 0. The predicted molar refractivity (Wildman–Crippen MR) is 112 cm³/mol. The lowest BCUT2D eigenvalue weighted by Crippen LogP contribution is -2.49. The lowest BCUT2D eigenvalue weighted by atomic mass is 9.95. The van der Waals surface area contributed by atoms with Crippen LogP contribution in [0.15, 0.2) is 60.7 Å². The summed E-state index contributed by atoms with van der Waals surface area (Å²) >= 11 is 0. The van der Waals surface area contributed by atoms with Crippen molar-refractivity contribution in [2.45, 2.75) is 18.5 Å². The normalized spacial score (nSPS) is 23.8. The number of amides is 1. The monoisotopic (exact) mass is 378 g/mol. The molecular weight excluding hydrogens is 348 g/mol. The van der Waals surface area contributed by atoms with E-state index in [0.717, 1.165) is 39.3 Å². The summed E-state index contributed by atoms with van der Waals surface area (Å²) in [6.45, 7) is 6.80. The van der Waals surface area contributed by atoms with E-state index >= 15 is 0 Å². The molecule has 0 aliphatic carbocycles. The Morgan fingerprint density at radius 3 is 2.14 bits per heavy atom. The summed E-state index contributed by atoms with van der Waals surface area (Å²) in [5.74, 6) is 0.457. The average Bonchev–Trinajstić information content (AvgIpc) is 3.13. The van der Waals surface area contributed by atoms with Gasteiger partial charge in [-0.2, -0.15) is 0 Å². The van der Waals surface area contributed by atoms with Crippen molar-refractivity contribution in [3.05, 3.63) is 71.8 Å². The average molecular weight is 379 g/mol. The first-order valence-corrected chi connectivity index (χ1v) is 10.3. The Hall–Kier alpha value is -2.21. The van der Waals surface area contributed by atoms with Crippen molar-refractivity contribution >= 4 is 5.91 Å². The molecule has 0 aromatic heterocycles. The number of piperazine rings is 1. The van der Waals surface area contributed by atoms with E-state index in [2.05, 4.69) is 52.3 Å². The maximum absolute atomic E-state index is 12.8. The molecule has 2 N–H and O–H groups in total. The topological polar surface area (TPSA) is 52.8 Å². The maximum Gasteiger partial charge on any atom is 0.236 e. The van der Waals surface area contributed by atoms with Crippen LogP contribution in [0.2, 0.25) is 0 Å². The van der Waals surface area contributed by atoms with Gasteiger partial charge in [0.25, 0.3) is 0 Å². The van der Waals surface area contributed by atoms with Crippen LogP contribution in [-0.2, 0) is 11.3 Å². The lowest BCUT2D eigenvalue weighted by molar-refractivity contribution is -0.131. The molecule has 0 saturated carbocycles. The summed E-state index contributed by atoms with van der Waals surface area (Å²) in [6, 6.07) is 20.9. The van der Waals surface area contributed by atoms with E-state index in [1.807, 2.05) is 23.1 Å². The molecule has 0 radical (unpaired) electrons. The van der Waals surface area contributed by atoms with Gasteiger partial charge in [0.1, 0.15) is 0 Å². The van der Waals surface area contributed by atoms with Gasteiger partial charge in [-0.3, -0.25) is 14.6 Å². The van der Waals surface area contributed by atoms with E-state index in [1.54, 1.807) is 0 Å². The summed E-state index contributed by atoms with van der Waals surface area (Å²) in [5, 5.41) is 0. The molecule has 5 heteroatoms. The second-order valence-electron chi connectivity index (χ2n) is 8.02. The van der Waals surface area contributed by atoms with Crippen molar-refractivity contribution in [1.82, 2.24) is 14.7 Å². The Morgan fingerprint density at radius 2 is 1.46 bits per heavy atom. The highest BCUT2D eigenvalue weighted by atomic mass is 16.2. The van der Waals surface area contributed by atoms with Crippen LogP contribution in [0.4, 0.5) is 0 Å². The largest absolute Gasteiger partial charge is 0.339 e. The molecule has 2 atom stereocenters. The van der Waals surface area contributed by atoms with E-state index < -0.39 is 0 Å². The first-order chi connectivity index (χ1) is 13.7. The standard InChI is InChI=1S/C23H30N4O/c24-22-17-27(16-21(22)20-9-5-2-6-10-20)23(28)18-26-13-11-25(12-14-26)15-19-7-3-1-4-8-19/h1-10,21-22H,11-18,24H2/t21-,22+/m0/s1. The third-order valence-electron chi connectivity index (χ3n) is 6.02. The number of carbonyl (C=O) groups excluding carboxylic acids is 1. The fourth-order valence-electron chi connectivity index (χ4n) is 4.32. The molecular formula is C23H30N4O. The van der Waals surface area contributed by atoms with Crippen molar-refractivity contribution < 1.29 is 4.79 Å². The Kier molecular flexibility index (Phi) is 6.05. The van der Waals surface area contributed by atoms with Crippen molar-refractivity contribution in [3.8, 4) is 0 Å². The zero-order chi connectivity index (χ0) is 19.3.